The summed E-state index contributed by atoms with van der Waals surface area (Å²) >= 11 is 0. The number of pyridine rings is 1. The number of hydrogen-bond acceptors (Lipinski definition) is 6. The second-order valence-electron chi connectivity index (χ2n) is 6.37. The molecule has 0 saturated heterocycles. The highest BCUT2D eigenvalue weighted by molar-refractivity contribution is 5.90. The highest BCUT2D eigenvalue weighted by Crippen LogP contribution is 2.29. The van der Waals surface area contributed by atoms with Crippen LogP contribution in [0.3, 0.4) is 0 Å². The number of hydrogen-bond donors (Lipinski definition) is 1. The zero-order chi connectivity index (χ0) is 19.7. The van der Waals surface area contributed by atoms with Crippen LogP contribution in [0, 0.1) is 6.92 Å². The lowest BCUT2D eigenvalue weighted by Gasteiger charge is -2.08. The molecule has 9 heteroatoms. The van der Waals surface area contributed by atoms with Gasteiger partial charge in [0.2, 0.25) is 5.91 Å². The topological polar surface area (TPSA) is 99.8 Å². The van der Waals surface area contributed by atoms with Crippen molar-refractivity contribution in [2.24, 2.45) is 7.05 Å². The van der Waals surface area contributed by atoms with Gasteiger partial charge in [0, 0.05) is 24.2 Å². The number of amides is 1. The Morgan fingerprint density at radius 1 is 1.25 bits per heavy atom. The maximum Gasteiger partial charge on any atom is 0.247 e. The van der Waals surface area contributed by atoms with Crippen LogP contribution in [0.5, 0.6) is 5.75 Å². The number of carbonyl (C=O) groups excluding carboxylic acids is 1. The van der Waals surface area contributed by atoms with Gasteiger partial charge in [0.1, 0.15) is 17.8 Å². The Bertz CT molecular complexity index is 1160. The molecule has 3 heterocycles. The van der Waals surface area contributed by atoms with E-state index in [4.69, 9.17) is 9.72 Å². The molecule has 0 saturated carbocycles. The Labute approximate surface area is 160 Å². The maximum atomic E-state index is 12.2. The molecule has 4 rings (SSSR count). The number of carbonyl (C=O) groups is 1. The van der Waals surface area contributed by atoms with Crippen molar-refractivity contribution in [2.45, 2.75) is 13.5 Å². The third kappa shape index (κ3) is 3.41. The molecule has 9 nitrogen and oxygen atoms in total. The van der Waals surface area contributed by atoms with E-state index >= 15 is 0 Å². The predicted molar refractivity (Wildman–Crippen MR) is 104 cm³/mol. The molecule has 0 radical (unpaired) electrons. The smallest absolute Gasteiger partial charge is 0.247 e. The average Bonchev–Trinajstić information content (AvgIpc) is 3.30. The number of nitrogens with one attached hydrogen (secondary N) is 1. The second-order valence-corrected chi connectivity index (χ2v) is 6.37. The molecule has 0 aliphatic carbocycles. The fourth-order valence-electron chi connectivity index (χ4n) is 3.02. The molecule has 0 bridgehead atoms. The summed E-state index contributed by atoms with van der Waals surface area (Å²) in [7, 11) is 3.31. The Hall–Kier alpha value is -3.75. The van der Waals surface area contributed by atoms with Crippen LogP contribution in [0.2, 0.25) is 0 Å². The Morgan fingerprint density at radius 2 is 2.11 bits per heavy atom. The van der Waals surface area contributed by atoms with Crippen LogP contribution in [0.4, 0.5) is 5.82 Å². The summed E-state index contributed by atoms with van der Waals surface area (Å²) in [5, 5.41) is 15.9. The number of fused-ring (bicyclic) bond motifs is 1. The molecule has 4 aromatic rings. The lowest BCUT2D eigenvalue weighted by Crippen LogP contribution is -2.19. The largest absolute Gasteiger partial charge is 0.494 e. The average molecular weight is 377 g/mol. The van der Waals surface area contributed by atoms with E-state index in [1.165, 1.54) is 11.0 Å². The van der Waals surface area contributed by atoms with Crippen LogP contribution in [0.15, 0.2) is 42.9 Å². The van der Waals surface area contributed by atoms with Gasteiger partial charge in [-0.25, -0.2) is 4.98 Å². The van der Waals surface area contributed by atoms with Crippen LogP contribution < -0.4 is 10.1 Å². The molecule has 0 spiro atoms. The van der Waals surface area contributed by atoms with E-state index < -0.39 is 0 Å². The first kappa shape index (κ1) is 17.7. The molecule has 0 unspecified atom stereocenters. The van der Waals surface area contributed by atoms with E-state index in [-0.39, 0.29) is 12.5 Å². The van der Waals surface area contributed by atoms with Gasteiger partial charge in [0.15, 0.2) is 5.82 Å². The molecule has 1 N–H and O–H groups in total. The summed E-state index contributed by atoms with van der Waals surface area (Å²) in [6.07, 6.45) is 4.97. The summed E-state index contributed by atoms with van der Waals surface area (Å²) in [6.45, 7) is 2.10. The lowest BCUT2D eigenvalue weighted by atomic mass is 10.1. The van der Waals surface area contributed by atoms with Gasteiger partial charge in [0.25, 0.3) is 0 Å². The zero-order valence-electron chi connectivity index (χ0n) is 15.7. The molecular weight excluding hydrogens is 358 g/mol. The quantitative estimate of drug-likeness (QED) is 0.572. The van der Waals surface area contributed by atoms with Crippen molar-refractivity contribution in [1.82, 2.24) is 29.8 Å². The van der Waals surface area contributed by atoms with Crippen LogP contribution in [0.25, 0.3) is 22.2 Å². The number of aromatic nitrogens is 6. The van der Waals surface area contributed by atoms with Gasteiger partial charge in [-0.1, -0.05) is 12.1 Å². The van der Waals surface area contributed by atoms with Gasteiger partial charge in [-0.2, -0.15) is 15.0 Å². The molecule has 0 fully saturated rings. The Morgan fingerprint density at radius 3 is 2.86 bits per heavy atom. The minimum Gasteiger partial charge on any atom is -0.494 e. The standard InChI is InChI=1S/C19H19N7O2/c1-12-7-15(22-19-14(12)5-4-6-16(19)28-3)13-8-21-26(10-13)11-18(27)23-17-9-20-25(2)24-17/h4-10H,11H2,1-3H3,(H,23,24,27). The van der Waals surface area contributed by atoms with Crippen molar-refractivity contribution in [3.05, 3.63) is 48.4 Å². The molecule has 0 atom stereocenters. The van der Waals surface area contributed by atoms with E-state index in [0.717, 1.165) is 33.5 Å². The summed E-state index contributed by atoms with van der Waals surface area (Å²) in [4.78, 5) is 18.3. The zero-order valence-corrected chi connectivity index (χ0v) is 15.7. The van der Waals surface area contributed by atoms with Gasteiger partial charge in [-0.05, 0) is 24.6 Å². The first-order valence-electron chi connectivity index (χ1n) is 8.67. The van der Waals surface area contributed by atoms with Gasteiger partial charge in [-0.15, -0.1) is 5.10 Å². The second kappa shape index (κ2) is 7.10. The van der Waals surface area contributed by atoms with E-state index in [1.807, 2.05) is 31.2 Å². The van der Waals surface area contributed by atoms with Crippen LogP contribution in [-0.2, 0) is 18.4 Å². The van der Waals surface area contributed by atoms with Crippen LogP contribution >= 0.6 is 0 Å². The monoisotopic (exact) mass is 377 g/mol. The van der Waals surface area contributed by atoms with Crippen LogP contribution in [0.1, 0.15) is 5.56 Å². The summed E-state index contributed by atoms with van der Waals surface area (Å²) in [6, 6.07) is 7.86. The van der Waals surface area contributed by atoms with Gasteiger partial charge in [0.05, 0.1) is 25.2 Å². The third-order valence-corrected chi connectivity index (χ3v) is 4.33. The Kier molecular flexibility index (Phi) is 4.48. The number of aryl methyl sites for hydroxylation is 2. The van der Waals surface area contributed by atoms with Crippen molar-refractivity contribution in [2.75, 3.05) is 12.4 Å². The first-order chi connectivity index (χ1) is 13.5. The number of benzene rings is 1. The minimum atomic E-state index is -0.237. The van der Waals surface area contributed by atoms with Gasteiger partial charge >= 0.3 is 0 Å². The normalized spacial score (nSPS) is 11.0. The van der Waals surface area contributed by atoms with E-state index in [9.17, 15) is 4.79 Å². The molecule has 142 valence electrons. The third-order valence-electron chi connectivity index (χ3n) is 4.33. The number of rotatable bonds is 5. The lowest BCUT2D eigenvalue weighted by molar-refractivity contribution is -0.116. The van der Waals surface area contributed by atoms with Gasteiger partial charge in [-0.3, -0.25) is 9.48 Å². The van der Waals surface area contributed by atoms with Crippen molar-refractivity contribution in [1.29, 1.82) is 0 Å². The number of methoxy groups -OCH3 is 1. The number of para-hydroxylation sites is 1. The molecule has 3 aromatic heterocycles. The fraction of sp³-hybridized carbons (Fsp3) is 0.211. The fourth-order valence-corrected chi connectivity index (χ4v) is 3.02. The molecule has 1 amide bonds. The summed E-state index contributed by atoms with van der Waals surface area (Å²) in [5.74, 6) is 0.886. The molecule has 28 heavy (non-hydrogen) atoms. The van der Waals surface area contributed by atoms with E-state index in [0.29, 0.717) is 5.82 Å². The first-order valence-corrected chi connectivity index (χ1v) is 8.67. The summed E-state index contributed by atoms with van der Waals surface area (Å²) < 4.78 is 7.00. The molecule has 0 aliphatic rings. The summed E-state index contributed by atoms with van der Waals surface area (Å²) in [5.41, 5.74) is 3.48. The minimum absolute atomic E-state index is 0.0620. The van der Waals surface area contributed by atoms with Crippen molar-refractivity contribution < 1.29 is 9.53 Å². The van der Waals surface area contributed by atoms with Crippen LogP contribution in [-0.4, -0.2) is 42.8 Å². The van der Waals surface area contributed by atoms with E-state index in [1.54, 1.807) is 31.2 Å². The number of nitrogens with zero attached hydrogens (tertiary/aromatic N) is 6. The van der Waals surface area contributed by atoms with Crippen molar-refractivity contribution >= 4 is 22.6 Å². The highest BCUT2D eigenvalue weighted by Gasteiger charge is 2.12. The molecule has 0 aliphatic heterocycles. The molecule has 1 aromatic carbocycles. The highest BCUT2D eigenvalue weighted by atomic mass is 16.5. The Balaban J connectivity index is 1.58. The number of ether oxygens (including phenoxy) is 1. The van der Waals surface area contributed by atoms with E-state index in [2.05, 4.69) is 20.6 Å². The SMILES string of the molecule is COc1cccc2c(C)cc(-c3cnn(CC(=O)Nc4cnn(C)n4)c3)nc12. The van der Waals surface area contributed by atoms with Crippen molar-refractivity contribution in [3.63, 3.8) is 0 Å². The van der Waals surface area contributed by atoms with Gasteiger partial charge < -0.3 is 10.1 Å². The predicted octanol–water partition coefficient (Wildman–Crippen LogP) is 2.18. The molecular formula is C19H19N7O2. The maximum absolute atomic E-state index is 12.2. The number of anilines is 1. The van der Waals surface area contributed by atoms with Crippen molar-refractivity contribution in [3.8, 4) is 17.0 Å².